The summed E-state index contributed by atoms with van der Waals surface area (Å²) >= 11 is 0. The van der Waals surface area contributed by atoms with Crippen LogP contribution in [0.5, 0.6) is 0 Å². The van der Waals surface area contributed by atoms with Crippen LogP contribution in [0.15, 0.2) is 12.2 Å². The van der Waals surface area contributed by atoms with E-state index in [9.17, 15) is 4.79 Å². The van der Waals surface area contributed by atoms with E-state index in [1.54, 1.807) is 0 Å². The maximum Gasteiger partial charge on any atom is 0.136 e. The Bertz CT molecular complexity index is 193. The molecule has 0 aromatic carbocycles. The first-order valence-corrected chi connectivity index (χ1v) is 4.22. The number of allylic oxidation sites excluding steroid dienone is 1. The van der Waals surface area contributed by atoms with Crippen molar-refractivity contribution >= 4 is 5.78 Å². The quantitative estimate of drug-likeness (QED) is 0.527. The number of hydrogen-bond acceptors (Lipinski definition) is 1. The van der Waals surface area contributed by atoms with Crippen molar-refractivity contribution in [2.24, 2.45) is 17.8 Å². The number of ketones is 1. The molecule has 0 aliphatic heterocycles. The lowest BCUT2D eigenvalue weighted by Gasteiger charge is -2.16. The van der Waals surface area contributed by atoms with E-state index in [4.69, 9.17) is 0 Å². The van der Waals surface area contributed by atoms with E-state index in [0.29, 0.717) is 17.6 Å². The van der Waals surface area contributed by atoms with Crippen molar-refractivity contribution in [3.05, 3.63) is 12.2 Å². The summed E-state index contributed by atoms with van der Waals surface area (Å²) in [6, 6.07) is 0. The second-order valence-electron chi connectivity index (χ2n) is 3.77. The van der Waals surface area contributed by atoms with Gasteiger partial charge in [0, 0.05) is 12.3 Å². The van der Waals surface area contributed by atoms with E-state index in [2.05, 4.69) is 13.5 Å². The minimum atomic E-state index is 0.247. The highest BCUT2D eigenvalue weighted by molar-refractivity contribution is 5.83. The first-order chi connectivity index (χ1) is 5.04. The Morgan fingerprint density at radius 2 is 2.09 bits per heavy atom. The van der Waals surface area contributed by atoms with Crippen molar-refractivity contribution in [3.8, 4) is 0 Å². The fraction of sp³-hybridized carbons (Fsp3) is 0.700. The first kappa shape index (κ1) is 8.51. The van der Waals surface area contributed by atoms with Crippen LogP contribution in [0.25, 0.3) is 0 Å². The van der Waals surface area contributed by atoms with E-state index in [-0.39, 0.29) is 5.92 Å². The van der Waals surface area contributed by atoms with Gasteiger partial charge in [-0.2, -0.15) is 0 Å². The molecule has 1 nitrogen and oxygen atoms in total. The molecule has 0 spiro atoms. The molecule has 1 heteroatoms. The average Bonchev–Trinajstić information content (AvgIpc) is 2.17. The largest absolute Gasteiger partial charge is 0.299 e. The minimum absolute atomic E-state index is 0.247. The molecule has 1 saturated carbocycles. The van der Waals surface area contributed by atoms with E-state index >= 15 is 0 Å². The van der Waals surface area contributed by atoms with Gasteiger partial charge in [-0.1, -0.05) is 26.0 Å². The summed E-state index contributed by atoms with van der Waals surface area (Å²) in [5.41, 5.74) is 1.16. The fourth-order valence-electron chi connectivity index (χ4n) is 1.85. The molecule has 1 rings (SSSR count). The van der Waals surface area contributed by atoms with Gasteiger partial charge in [-0.25, -0.2) is 0 Å². The molecule has 1 fully saturated rings. The van der Waals surface area contributed by atoms with E-state index in [1.807, 2.05) is 13.8 Å². The van der Waals surface area contributed by atoms with Gasteiger partial charge in [0.2, 0.25) is 0 Å². The molecule has 0 N–H and O–H groups in total. The molecule has 0 radical (unpaired) electrons. The monoisotopic (exact) mass is 152 g/mol. The highest BCUT2D eigenvalue weighted by atomic mass is 16.1. The van der Waals surface area contributed by atoms with Crippen LogP contribution in [0.4, 0.5) is 0 Å². The average molecular weight is 152 g/mol. The van der Waals surface area contributed by atoms with Gasteiger partial charge in [-0.3, -0.25) is 4.79 Å². The maximum absolute atomic E-state index is 11.3. The van der Waals surface area contributed by atoms with E-state index in [1.165, 1.54) is 0 Å². The molecule has 11 heavy (non-hydrogen) atoms. The summed E-state index contributed by atoms with van der Waals surface area (Å²) in [6.07, 6.45) is 0.720. The SMILES string of the molecule is C=C(C)C1CC(=O)C(C)C1C. The molecule has 0 aromatic heterocycles. The highest BCUT2D eigenvalue weighted by Crippen LogP contribution is 2.37. The van der Waals surface area contributed by atoms with Gasteiger partial charge in [-0.15, -0.1) is 0 Å². The second-order valence-corrected chi connectivity index (χ2v) is 3.77. The predicted octanol–water partition coefficient (Wildman–Crippen LogP) is 2.42. The summed E-state index contributed by atoms with van der Waals surface area (Å²) in [4.78, 5) is 11.3. The third-order valence-electron chi connectivity index (χ3n) is 2.99. The lowest BCUT2D eigenvalue weighted by atomic mass is 9.88. The number of carbonyl (C=O) groups is 1. The molecule has 0 saturated heterocycles. The molecule has 62 valence electrons. The van der Waals surface area contributed by atoms with Gasteiger partial charge in [0.1, 0.15) is 5.78 Å². The number of carbonyl (C=O) groups excluding carboxylic acids is 1. The van der Waals surface area contributed by atoms with Crippen molar-refractivity contribution in [1.29, 1.82) is 0 Å². The standard InChI is InChI=1S/C10H16O/c1-6(2)9-5-10(11)8(4)7(9)3/h7-9H,1,5H2,2-4H3. The van der Waals surface area contributed by atoms with Crippen LogP contribution in [0.2, 0.25) is 0 Å². The van der Waals surface area contributed by atoms with Gasteiger partial charge in [0.25, 0.3) is 0 Å². The molecular formula is C10H16O. The Labute approximate surface area is 68.5 Å². The minimum Gasteiger partial charge on any atom is -0.299 e. The zero-order valence-corrected chi connectivity index (χ0v) is 7.55. The molecule has 3 unspecified atom stereocenters. The predicted molar refractivity (Wildman–Crippen MR) is 46.3 cm³/mol. The second kappa shape index (κ2) is 2.80. The number of rotatable bonds is 1. The van der Waals surface area contributed by atoms with Crippen molar-refractivity contribution in [1.82, 2.24) is 0 Å². The van der Waals surface area contributed by atoms with Gasteiger partial charge in [0.15, 0.2) is 0 Å². The smallest absolute Gasteiger partial charge is 0.136 e. The lowest BCUT2D eigenvalue weighted by Crippen LogP contribution is -2.10. The molecule has 1 aliphatic rings. The van der Waals surface area contributed by atoms with Crippen LogP contribution < -0.4 is 0 Å². The Morgan fingerprint density at radius 1 is 1.55 bits per heavy atom. The Balaban J connectivity index is 2.74. The number of hydrogen-bond donors (Lipinski definition) is 0. The van der Waals surface area contributed by atoms with Crippen LogP contribution in [-0.4, -0.2) is 5.78 Å². The zero-order valence-electron chi connectivity index (χ0n) is 7.55. The van der Waals surface area contributed by atoms with Crippen molar-refractivity contribution in [3.63, 3.8) is 0 Å². The lowest BCUT2D eigenvalue weighted by molar-refractivity contribution is -0.120. The highest BCUT2D eigenvalue weighted by Gasteiger charge is 2.36. The Hall–Kier alpha value is -0.590. The van der Waals surface area contributed by atoms with E-state index in [0.717, 1.165) is 12.0 Å². The van der Waals surface area contributed by atoms with Gasteiger partial charge in [-0.05, 0) is 18.8 Å². The topological polar surface area (TPSA) is 17.1 Å². The van der Waals surface area contributed by atoms with Crippen molar-refractivity contribution < 1.29 is 4.79 Å². The van der Waals surface area contributed by atoms with Crippen molar-refractivity contribution in [2.75, 3.05) is 0 Å². The normalized spacial score (nSPS) is 37.7. The first-order valence-electron chi connectivity index (χ1n) is 4.22. The van der Waals surface area contributed by atoms with Crippen LogP contribution in [0, 0.1) is 17.8 Å². The Kier molecular flexibility index (Phi) is 2.17. The summed E-state index contributed by atoms with van der Waals surface area (Å²) in [5, 5.41) is 0. The van der Waals surface area contributed by atoms with Crippen molar-refractivity contribution in [2.45, 2.75) is 27.2 Å². The van der Waals surface area contributed by atoms with Crippen LogP contribution in [-0.2, 0) is 4.79 Å². The summed E-state index contributed by atoms with van der Waals surface area (Å²) in [6.45, 7) is 10.1. The third kappa shape index (κ3) is 1.37. The number of Topliss-reactive ketones (excluding diaryl/α,β-unsaturated/α-hetero) is 1. The van der Waals surface area contributed by atoms with Crippen LogP contribution >= 0.6 is 0 Å². The molecule has 0 heterocycles. The van der Waals surface area contributed by atoms with Gasteiger partial charge < -0.3 is 0 Å². The summed E-state index contributed by atoms with van der Waals surface area (Å²) < 4.78 is 0. The molecule has 1 aliphatic carbocycles. The zero-order chi connectivity index (χ0) is 8.59. The fourth-order valence-corrected chi connectivity index (χ4v) is 1.85. The molecular weight excluding hydrogens is 136 g/mol. The van der Waals surface area contributed by atoms with Gasteiger partial charge in [0.05, 0.1) is 0 Å². The molecule has 3 atom stereocenters. The van der Waals surface area contributed by atoms with Crippen LogP contribution in [0.1, 0.15) is 27.2 Å². The summed E-state index contributed by atoms with van der Waals surface area (Å²) in [7, 11) is 0. The molecule has 0 bridgehead atoms. The third-order valence-corrected chi connectivity index (χ3v) is 2.99. The Morgan fingerprint density at radius 3 is 2.27 bits per heavy atom. The summed E-state index contributed by atoms with van der Waals surface area (Å²) in [5.74, 6) is 1.60. The maximum atomic E-state index is 11.3. The van der Waals surface area contributed by atoms with Crippen LogP contribution in [0.3, 0.4) is 0 Å². The molecule has 0 aromatic rings. The van der Waals surface area contributed by atoms with Gasteiger partial charge >= 0.3 is 0 Å². The van der Waals surface area contributed by atoms with E-state index < -0.39 is 0 Å². The molecule has 0 amide bonds.